The van der Waals surface area contributed by atoms with Gasteiger partial charge < -0.3 is 5.32 Å². The monoisotopic (exact) mass is 302 g/mol. The maximum Gasteiger partial charge on any atom is 0.255 e. The van der Waals surface area contributed by atoms with Gasteiger partial charge in [0.2, 0.25) is 0 Å². The predicted octanol–water partition coefficient (Wildman–Crippen LogP) is 4.37. The average Bonchev–Trinajstić information content (AvgIpc) is 2.61. The van der Waals surface area contributed by atoms with E-state index in [9.17, 15) is 4.79 Å². The Kier molecular flexibility index (Phi) is 3.54. The van der Waals surface area contributed by atoms with Gasteiger partial charge in [-0.3, -0.25) is 9.78 Å². The van der Waals surface area contributed by atoms with Crippen molar-refractivity contribution < 1.29 is 4.79 Å². The van der Waals surface area contributed by atoms with Gasteiger partial charge in [-0.1, -0.05) is 24.3 Å². The summed E-state index contributed by atoms with van der Waals surface area (Å²) in [5.74, 6) is -0.0737. The summed E-state index contributed by atoms with van der Waals surface area (Å²) in [5, 5.41) is 3.98. The van der Waals surface area contributed by atoms with Crippen molar-refractivity contribution in [3.8, 4) is 0 Å². The van der Waals surface area contributed by atoms with Crippen LogP contribution < -0.4 is 5.32 Å². The van der Waals surface area contributed by atoms with Crippen LogP contribution in [0.15, 0.2) is 54.7 Å². The SMILES string of the molecule is O=C(Nc1cnc2ccccc2c1)c1ccc2c(c1)CCCC2. The molecule has 0 saturated heterocycles. The summed E-state index contributed by atoms with van der Waals surface area (Å²) >= 11 is 0. The molecular weight excluding hydrogens is 284 g/mol. The van der Waals surface area contributed by atoms with Gasteiger partial charge in [-0.05, 0) is 61.1 Å². The van der Waals surface area contributed by atoms with E-state index in [4.69, 9.17) is 0 Å². The van der Waals surface area contributed by atoms with E-state index in [2.05, 4.69) is 16.4 Å². The number of para-hydroxylation sites is 1. The first-order valence-corrected chi connectivity index (χ1v) is 8.07. The van der Waals surface area contributed by atoms with Crippen LogP contribution in [0.4, 0.5) is 5.69 Å². The van der Waals surface area contributed by atoms with Crippen LogP contribution in [0.25, 0.3) is 10.9 Å². The molecule has 0 atom stereocenters. The Balaban J connectivity index is 1.59. The maximum atomic E-state index is 12.5. The number of fused-ring (bicyclic) bond motifs is 2. The van der Waals surface area contributed by atoms with Crippen molar-refractivity contribution in [2.75, 3.05) is 5.32 Å². The number of carbonyl (C=O) groups is 1. The van der Waals surface area contributed by atoms with Crippen LogP contribution in [0.2, 0.25) is 0 Å². The number of carbonyl (C=O) groups excluding carboxylic acids is 1. The molecule has 1 aliphatic carbocycles. The smallest absolute Gasteiger partial charge is 0.255 e. The number of anilines is 1. The van der Waals surface area contributed by atoms with E-state index in [1.807, 2.05) is 42.5 Å². The molecule has 3 nitrogen and oxygen atoms in total. The van der Waals surface area contributed by atoms with Gasteiger partial charge in [0, 0.05) is 10.9 Å². The van der Waals surface area contributed by atoms with Gasteiger partial charge in [-0.15, -0.1) is 0 Å². The van der Waals surface area contributed by atoms with E-state index in [0.717, 1.165) is 35.0 Å². The van der Waals surface area contributed by atoms with E-state index >= 15 is 0 Å². The molecule has 1 aromatic heterocycles. The second kappa shape index (κ2) is 5.84. The van der Waals surface area contributed by atoms with Gasteiger partial charge >= 0.3 is 0 Å². The molecule has 0 spiro atoms. The number of nitrogens with one attached hydrogen (secondary N) is 1. The summed E-state index contributed by atoms with van der Waals surface area (Å²) in [6, 6.07) is 15.9. The summed E-state index contributed by atoms with van der Waals surface area (Å²) in [4.78, 5) is 16.9. The van der Waals surface area contributed by atoms with Crippen molar-refractivity contribution in [3.63, 3.8) is 0 Å². The molecule has 1 amide bonds. The van der Waals surface area contributed by atoms with Crippen LogP contribution in [0, 0.1) is 0 Å². The third kappa shape index (κ3) is 2.82. The molecule has 23 heavy (non-hydrogen) atoms. The van der Waals surface area contributed by atoms with Crippen LogP contribution in [0.1, 0.15) is 34.3 Å². The topological polar surface area (TPSA) is 42.0 Å². The first-order valence-electron chi connectivity index (χ1n) is 8.07. The molecular formula is C20H18N2O. The lowest BCUT2D eigenvalue weighted by Gasteiger charge is -2.16. The lowest BCUT2D eigenvalue weighted by Crippen LogP contribution is -2.13. The van der Waals surface area contributed by atoms with Crippen molar-refractivity contribution in [2.24, 2.45) is 0 Å². The van der Waals surface area contributed by atoms with E-state index in [1.165, 1.54) is 24.0 Å². The number of nitrogens with zero attached hydrogens (tertiary/aromatic N) is 1. The minimum absolute atomic E-state index is 0.0737. The molecule has 3 aromatic rings. The Morgan fingerprint density at radius 3 is 2.70 bits per heavy atom. The third-order valence-electron chi connectivity index (χ3n) is 4.46. The van der Waals surface area contributed by atoms with Crippen LogP contribution in [0.5, 0.6) is 0 Å². The lowest BCUT2D eigenvalue weighted by atomic mass is 9.90. The number of hydrogen-bond donors (Lipinski definition) is 1. The van der Waals surface area contributed by atoms with E-state index in [0.29, 0.717) is 0 Å². The molecule has 0 unspecified atom stereocenters. The highest BCUT2D eigenvalue weighted by atomic mass is 16.1. The Morgan fingerprint density at radius 1 is 0.957 bits per heavy atom. The minimum atomic E-state index is -0.0737. The molecule has 4 rings (SSSR count). The quantitative estimate of drug-likeness (QED) is 0.764. The van der Waals surface area contributed by atoms with Crippen LogP contribution in [0.3, 0.4) is 0 Å². The zero-order valence-electron chi connectivity index (χ0n) is 12.9. The molecule has 0 aliphatic heterocycles. The second-order valence-electron chi connectivity index (χ2n) is 6.06. The summed E-state index contributed by atoms with van der Waals surface area (Å²) in [5.41, 5.74) is 5.09. The van der Waals surface area contributed by atoms with Crippen molar-refractivity contribution in [1.82, 2.24) is 4.98 Å². The standard InChI is InChI=1S/C20H18N2O/c23-20(17-10-9-14-5-1-2-6-15(14)11-17)22-18-12-16-7-3-4-8-19(16)21-13-18/h3-4,7-13H,1-2,5-6H2,(H,22,23). The lowest BCUT2D eigenvalue weighted by molar-refractivity contribution is 0.102. The highest BCUT2D eigenvalue weighted by Gasteiger charge is 2.13. The van der Waals surface area contributed by atoms with E-state index < -0.39 is 0 Å². The number of pyridine rings is 1. The number of aromatic nitrogens is 1. The predicted molar refractivity (Wildman–Crippen MR) is 92.8 cm³/mol. The Hall–Kier alpha value is -2.68. The third-order valence-corrected chi connectivity index (χ3v) is 4.46. The summed E-state index contributed by atoms with van der Waals surface area (Å²) in [7, 11) is 0. The molecule has 1 aliphatic rings. The fraction of sp³-hybridized carbons (Fsp3) is 0.200. The minimum Gasteiger partial charge on any atom is -0.321 e. The first-order chi connectivity index (χ1) is 11.3. The zero-order chi connectivity index (χ0) is 15.6. The Morgan fingerprint density at radius 2 is 1.78 bits per heavy atom. The summed E-state index contributed by atoms with van der Waals surface area (Å²) < 4.78 is 0. The number of aryl methyl sites for hydroxylation is 2. The fourth-order valence-corrected chi connectivity index (χ4v) is 3.22. The number of benzene rings is 2. The molecule has 3 heteroatoms. The maximum absolute atomic E-state index is 12.5. The summed E-state index contributed by atoms with van der Waals surface area (Å²) in [6.07, 6.45) is 6.38. The molecule has 1 heterocycles. The van der Waals surface area contributed by atoms with Gasteiger partial charge in [0.05, 0.1) is 17.4 Å². The highest BCUT2D eigenvalue weighted by molar-refractivity contribution is 6.05. The molecule has 0 saturated carbocycles. The molecule has 114 valence electrons. The van der Waals surface area contributed by atoms with Gasteiger partial charge in [0.15, 0.2) is 0 Å². The number of rotatable bonds is 2. The Labute approximate surface area is 135 Å². The van der Waals surface area contributed by atoms with E-state index in [1.54, 1.807) is 6.20 Å². The van der Waals surface area contributed by atoms with E-state index in [-0.39, 0.29) is 5.91 Å². The molecule has 0 bridgehead atoms. The highest BCUT2D eigenvalue weighted by Crippen LogP contribution is 2.23. The molecule has 2 aromatic carbocycles. The first kappa shape index (κ1) is 13.9. The van der Waals surface area contributed by atoms with Crippen LogP contribution >= 0.6 is 0 Å². The van der Waals surface area contributed by atoms with Crippen molar-refractivity contribution >= 4 is 22.5 Å². The zero-order valence-corrected chi connectivity index (χ0v) is 12.9. The summed E-state index contributed by atoms with van der Waals surface area (Å²) in [6.45, 7) is 0. The normalized spacial score (nSPS) is 13.6. The molecule has 0 radical (unpaired) electrons. The van der Waals surface area contributed by atoms with Crippen molar-refractivity contribution in [2.45, 2.75) is 25.7 Å². The number of amides is 1. The molecule has 1 N–H and O–H groups in total. The fourth-order valence-electron chi connectivity index (χ4n) is 3.22. The van der Waals surface area contributed by atoms with Gasteiger partial charge in [-0.25, -0.2) is 0 Å². The van der Waals surface area contributed by atoms with Crippen LogP contribution in [-0.4, -0.2) is 10.9 Å². The van der Waals surface area contributed by atoms with Gasteiger partial charge in [-0.2, -0.15) is 0 Å². The largest absolute Gasteiger partial charge is 0.321 e. The Bertz CT molecular complexity index is 886. The van der Waals surface area contributed by atoms with Gasteiger partial charge in [0.1, 0.15) is 0 Å². The van der Waals surface area contributed by atoms with Crippen molar-refractivity contribution in [1.29, 1.82) is 0 Å². The number of hydrogen-bond acceptors (Lipinski definition) is 2. The van der Waals surface area contributed by atoms with Crippen LogP contribution in [-0.2, 0) is 12.8 Å². The van der Waals surface area contributed by atoms with Gasteiger partial charge in [0.25, 0.3) is 5.91 Å². The second-order valence-corrected chi connectivity index (χ2v) is 6.06. The average molecular weight is 302 g/mol. The molecule has 0 fully saturated rings. The van der Waals surface area contributed by atoms with Crippen molar-refractivity contribution in [3.05, 3.63) is 71.4 Å².